The summed E-state index contributed by atoms with van der Waals surface area (Å²) in [6.07, 6.45) is -3.05. The van der Waals surface area contributed by atoms with Gasteiger partial charge in [0.05, 0.1) is 5.92 Å². The molecule has 0 spiro atoms. The standard InChI is InChI=1S/C31H32F8O/c1-2-3-21-10-15-25(26(32)16-21)22-11-6-19(7-12-22)4-5-20-8-13-23(14-9-20)31(38,39)40-24-17-27(33)29(28(34)18-24)30(35,36)37/h10,15-20,22-23H,2-3,6-9,11-14H2,1H3. The highest BCUT2D eigenvalue weighted by atomic mass is 19.4. The molecule has 0 N–H and O–H groups in total. The first-order valence-electron chi connectivity index (χ1n) is 13.8. The molecule has 2 fully saturated rings. The minimum absolute atomic E-state index is 0.0536. The number of hydrogen-bond acceptors (Lipinski definition) is 1. The van der Waals surface area contributed by atoms with Crippen molar-refractivity contribution in [2.45, 2.75) is 89.3 Å². The molecule has 1 nitrogen and oxygen atoms in total. The van der Waals surface area contributed by atoms with Crippen LogP contribution in [0.4, 0.5) is 35.1 Å². The van der Waals surface area contributed by atoms with Crippen LogP contribution in [0.25, 0.3) is 0 Å². The molecular weight excluding hydrogens is 540 g/mol. The number of ether oxygens (including phenoxy) is 1. The SMILES string of the molecule is CCCc1ccc(C2CCC(C#CC3CCC(C(F)(F)Oc4cc(F)c(C(F)(F)F)c(F)c4)CC3)CC2)c(F)c1. The minimum atomic E-state index is -5.30. The van der Waals surface area contributed by atoms with E-state index in [4.69, 9.17) is 0 Å². The van der Waals surface area contributed by atoms with Crippen molar-refractivity contribution in [3.63, 3.8) is 0 Å². The minimum Gasteiger partial charge on any atom is -0.432 e. The predicted molar refractivity (Wildman–Crippen MR) is 135 cm³/mol. The predicted octanol–water partition coefficient (Wildman–Crippen LogP) is 9.83. The third kappa shape index (κ3) is 7.30. The van der Waals surface area contributed by atoms with Crippen LogP contribution in [0.2, 0.25) is 0 Å². The van der Waals surface area contributed by atoms with Gasteiger partial charge in [-0.25, -0.2) is 13.2 Å². The van der Waals surface area contributed by atoms with Crippen molar-refractivity contribution in [3.05, 3.63) is 64.5 Å². The maximum absolute atomic E-state index is 14.7. The summed E-state index contributed by atoms with van der Waals surface area (Å²) >= 11 is 0. The Kier molecular flexibility index (Phi) is 9.36. The van der Waals surface area contributed by atoms with Crippen molar-refractivity contribution in [2.24, 2.45) is 17.8 Å². The lowest BCUT2D eigenvalue weighted by atomic mass is 9.77. The molecule has 4 rings (SSSR count). The van der Waals surface area contributed by atoms with Crippen LogP contribution >= 0.6 is 0 Å². The summed E-state index contributed by atoms with van der Waals surface area (Å²) in [7, 11) is 0. The van der Waals surface area contributed by atoms with E-state index in [0.29, 0.717) is 12.8 Å². The Balaban J connectivity index is 1.27. The number of alkyl halides is 5. The summed E-state index contributed by atoms with van der Waals surface area (Å²) in [5.41, 5.74) is -0.386. The first-order valence-corrected chi connectivity index (χ1v) is 13.8. The lowest BCUT2D eigenvalue weighted by Crippen LogP contribution is -2.37. The average molecular weight is 573 g/mol. The maximum Gasteiger partial charge on any atom is 0.422 e. The number of hydrogen-bond donors (Lipinski definition) is 0. The van der Waals surface area contributed by atoms with Gasteiger partial charge in [-0.2, -0.15) is 22.0 Å². The summed E-state index contributed by atoms with van der Waals surface area (Å²) in [6.45, 7) is 2.06. The van der Waals surface area contributed by atoms with E-state index in [9.17, 15) is 35.1 Å². The van der Waals surface area contributed by atoms with Gasteiger partial charge in [0.25, 0.3) is 0 Å². The number of aryl methyl sites for hydroxylation is 1. The lowest BCUT2D eigenvalue weighted by molar-refractivity contribution is -0.223. The zero-order chi connectivity index (χ0) is 29.1. The second-order valence-corrected chi connectivity index (χ2v) is 10.9. The summed E-state index contributed by atoms with van der Waals surface area (Å²) < 4.78 is 114. The summed E-state index contributed by atoms with van der Waals surface area (Å²) in [5.74, 6) is 0.345. The first-order chi connectivity index (χ1) is 18.9. The normalized spacial score (nSPS) is 23.8. The van der Waals surface area contributed by atoms with Crippen molar-refractivity contribution in [2.75, 3.05) is 0 Å². The van der Waals surface area contributed by atoms with E-state index in [1.54, 1.807) is 6.07 Å². The van der Waals surface area contributed by atoms with E-state index in [1.165, 1.54) is 0 Å². The average Bonchev–Trinajstić information content (AvgIpc) is 2.87. The highest BCUT2D eigenvalue weighted by Crippen LogP contribution is 2.42. The summed E-state index contributed by atoms with van der Waals surface area (Å²) in [5, 5.41) is 0. The van der Waals surface area contributed by atoms with E-state index in [2.05, 4.69) is 23.5 Å². The Morgan fingerprint density at radius 1 is 0.750 bits per heavy atom. The lowest BCUT2D eigenvalue weighted by Gasteiger charge is -2.32. The molecular formula is C31H32F8O. The molecule has 2 aliphatic rings. The first kappa shape index (κ1) is 30.2. The second kappa shape index (κ2) is 12.4. The van der Waals surface area contributed by atoms with Gasteiger partial charge >= 0.3 is 12.3 Å². The van der Waals surface area contributed by atoms with Gasteiger partial charge in [-0.05, 0) is 80.9 Å². The van der Waals surface area contributed by atoms with Crippen molar-refractivity contribution < 1.29 is 39.9 Å². The quantitative estimate of drug-likeness (QED) is 0.247. The highest BCUT2D eigenvalue weighted by Gasteiger charge is 2.45. The van der Waals surface area contributed by atoms with Gasteiger partial charge in [0, 0.05) is 24.0 Å². The molecule has 2 aliphatic carbocycles. The molecule has 0 aliphatic heterocycles. The van der Waals surface area contributed by atoms with Crippen molar-refractivity contribution in [1.29, 1.82) is 0 Å². The molecule has 0 radical (unpaired) electrons. The second-order valence-electron chi connectivity index (χ2n) is 10.9. The van der Waals surface area contributed by atoms with Gasteiger partial charge < -0.3 is 4.74 Å². The monoisotopic (exact) mass is 572 g/mol. The van der Waals surface area contributed by atoms with Crippen LogP contribution in [-0.2, 0) is 12.6 Å². The summed E-state index contributed by atoms with van der Waals surface area (Å²) in [4.78, 5) is 0. The zero-order valence-electron chi connectivity index (χ0n) is 22.2. The van der Waals surface area contributed by atoms with Crippen molar-refractivity contribution >= 4 is 0 Å². The van der Waals surface area contributed by atoms with E-state index in [1.807, 2.05) is 12.1 Å². The molecule has 0 saturated heterocycles. The Morgan fingerprint density at radius 3 is 1.80 bits per heavy atom. The third-order valence-corrected chi connectivity index (χ3v) is 8.02. The molecule has 2 saturated carbocycles. The van der Waals surface area contributed by atoms with Gasteiger partial charge in [0.2, 0.25) is 0 Å². The van der Waals surface area contributed by atoms with E-state index >= 15 is 0 Å². The van der Waals surface area contributed by atoms with Crippen LogP contribution in [0.1, 0.15) is 87.3 Å². The maximum atomic E-state index is 14.7. The van der Waals surface area contributed by atoms with Crippen molar-refractivity contribution in [3.8, 4) is 17.6 Å². The fourth-order valence-corrected chi connectivity index (χ4v) is 5.82. The van der Waals surface area contributed by atoms with Crippen molar-refractivity contribution in [1.82, 2.24) is 0 Å². The highest BCUT2D eigenvalue weighted by molar-refractivity contribution is 5.32. The van der Waals surface area contributed by atoms with Crippen LogP contribution in [-0.4, -0.2) is 6.11 Å². The van der Waals surface area contributed by atoms with Crippen LogP contribution in [0.3, 0.4) is 0 Å². The molecule has 2 aromatic rings. The van der Waals surface area contributed by atoms with Crippen LogP contribution in [0.15, 0.2) is 30.3 Å². The van der Waals surface area contributed by atoms with Gasteiger partial charge in [0.1, 0.15) is 28.8 Å². The molecule has 0 atom stereocenters. The van der Waals surface area contributed by atoms with Crippen LogP contribution in [0, 0.1) is 47.0 Å². The number of rotatable bonds is 6. The fourth-order valence-electron chi connectivity index (χ4n) is 5.82. The molecule has 218 valence electrons. The van der Waals surface area contributed by atoms with Gasteiger partial charge in [-0.15, -0.1) is 0 Å². The molecule has 0 amide bonds. The Bertz CT molecular complexity index is 1200. The van der Waals surface area contributed by atoms with Crippen LogP contribution < -0.4 is 4.74 Å². The fraction of sp³-hybridized carbons (Fsp3) is 0.548. The third-order valence-electron chi connectivity index (χ3n) is 8.02. The van der Waals surface area contributed by atoms with Gasteiger partial charge in [-0.3, -0.25) is 0 Å². The topological polar surface area (TPSA) is 9.23 Å². The number of benzene rings is 2. The van der Waals surface area contributed by atoms with Gasteiger partial charge in [0.15, 0.2) is 0 Å². The molecule has 0 aromatic heterocycles. The zero-order valence-corrected chi connectivity index (χ0v) is 22.2. The largest absolute Gasteiger partial charge is 0.432 e. The molecule has 0 heterocycles. The van der Waals surface area contributed by atoms with Crippen LogP contribution in [0.5, 0.6) is 5.75 Å². The Labute approximate surface area is 229 Å². The Morgan fingerprint density at radius 2 is 1.30 bits per heavy atom. The number of halogens is 8. The van der Waals surface area contributed by atoms with E-state index in [0.717, 1.165) is 49.7 Å². The van der Waals surface area contributed by atoms with E-state index < -0.39 is 41.2 Å². The summed E-state index contributed by atoms with van der Waals surface area (Å²) in [6, 6.07) is 5.79. The van der Waals surface area contributed by atoms with Gasteiger partial charge in [-0.1, -0.05) is 37.3 Å². The molecule has 9 heteroatoms. The van der Waals surface area contributed by atoms with E-state index in [-0.39, 0.29) is 48.5 Å². The molecule has 0 bridgehead atoms. The Hall–Kier alpha value is -2.76. The molecule has 2 aromatic carbocycles. The molecule has 0 unspecified atom stereocenters. The molecule has 40 heavy (non-hydrogen) atoms. The smallest absolute Gasteiger partial charge is 0.422 e.